The number of nitrogens with zero attached hydrogens (tertiary/aromatic N) is 1. The van der Waals surface area contributed by atoms with E-state index in [-0.39, 0.29) is 22.4 Å². The number of hydrazone groups is 1. The van der Waals surface area contributed by atoms with Crippen molar-refractivity contribution in [1.29, 1.82) is 0 Å². The number of amides is 1. The van der Waals surface area contributed by atoms with Gasteiger partial charge in [-0.2, -0.15) is 5.10 Å². The number of rotatable bonds is 7. The van der Waals surface area contributed by atoms with E-state index in [1.165, 1.54) is 25.5 Å². The molecule has 9 heteroatoms. The Morgan fingerprint density at radius 1 is 1.00 bits per heavy atom. The number of hydrogen-bond acceptors (Lipinski definition) is 5. The van der Waals surface area contributed by atoms with E-state index in [0.717, 1.165) is 5.56 Å². The van der Waals surface area contributed by atoms with Gasteiger partial charge in [0.1, 0.15) is 5.75 Å². The third kappa shape index (κ3) is 5.42. The number of nitrogens with one attached hydrogen (secondary N) is 1. The maximum atomic E-state index is 11.8. The minimum Gasteiger partial charge on any atom is -0.493 e. The Morgan fingerprint density at radius 2 is 1.69 bits per heavy atom. The van der Waals surface area contributed by atoms with E-state index in [1.54, 1.807) is 25.3 Å². The van der Waals surface area contributed by atoms with E-state index in [4.69, 9.17) is 49.0 Å². The molecule has 2 rings (SSSR count). The highest BCUT2D eigenvalue weighted by Gasteiger charge is 2.09. The fraction of sp³-hybridized carbons (Fsp3) is 0.176. The van der Waals surface area contributed by atoms with Crippen LogP contribution < -0.4 is 19.6 Å². The topological polar surface area (TPSA) is 69.2 Å². The minimum atomic E-state index is -0.469. The minimum absolute atomic E-state index is 0.250. The molecule has 0 aliphatic carbocycles. The molecule has 0 aromatic heterocycles. The first-order valence-corrected chi connectivity index (χ1v) is 8.39. The van der Waals surface area contributed by atoms with Crippen LogP contribution in [0.15, 0.2) is 35.4 Å². The molecule has 0 radical (unpaired) electrons. The van der Waals surface area contributed by atoms with Crippen LogP contribution in [0, 0.1) is 0 Å². The molecule has 138 valence electrons. The summed E-state index contributed by atoms with van der Waals surface area (Å²) in [6, 6.07) is 8.10. The predicted octanol–water partition coefficient (Wildman–Crippen LogP) is 4.19. The molecular formula is C17H15Cl3N2O4. The van der Waals surface area contributed by atoms with E-state index in [2.05, 4.69) is 10.5 Å². The SMILES string of the molecule is COc1ccc(/C=N/NC(=O)COc2cc(Cl)c(Cl)cc2Cl)cc1OC. The lowest BCUT2D eigenvalue weighted by Gasteiger charge is -2.08. The Bertz CT molecular complexity index is 828. The molecule has 0 bridgehead atoms. The summed E-state index contributed by atoms with van der Waals surface area (Å²) < 4.78 is 15.6. The van der Waals surface area contributed by atoms with Crippen LogP contribution in [0.5, 0.6) is 17.2 Å². The van der Waals surface area contributed by atoms with E-state index < -0.39 is 5.91 Å². The average Bonchev–Trinajstić information content (AvgIpc) is 2.63. The number of ether oxygens (including phenoxy) is 3. The average molecular weight is 418 g/mol. The monoisotopic (exact) mass is 416 g/mol. The summed E-state index contributed by atoms with van der Waals surface area (Å²) in [6.07, 6.45) is 1.46. The first kappa shape index (κ1) is 20.2. The van der Waals surface area contributed by atoms with Crippen LogP contribution in [-0.2, 0) is 4.79 Å². The van der Waals surface area contributed by atoms with Crippen molar-refractivity contribution in [2.24, 2.45) is 5.10 Å². The van der Waals surface area contributed by atoms with Gasteiger partial charge in [-0.25, -0.2) is 5.43 Å². The van der Waals surface area contributed by atoms with Crippen molar-refractivity contribution >= 4 is 46.9 Å². The zero-order chi connectivity index (χ0) is 19.1. The quantitative estimate of drug-likeness (QED) is 0.416. The molecule has 1 N–H and O–H groups in total. The first-order valence-electron chi connectivity index (χ1n) is 7.26. The molecule has 0 saturated carbocycles. The van der Waals surface area contributed by atoms with Gasteiger partial charge in [-0.3, -0.25) is 4.79 Å². The summed E-state index contributed by atoms with van der Waals surface area (Å²) in [4.78, 5) is 11.8. The molecule has 0 heterocycles. The van der Waals surface area contributed by atoms with E-state index in [0.29, 0.717) is 16.5 Å². The molecule has 0 aliphatic heterocycles. The molecule has 1 amide bonds. The number of benzene rings is 2. The first-order chi connectivity index (χ1) is 12.4. The lowest BCUT2D eigenvalue weighted by Crippen LogP contribution is -2.24. The molecule has 0 aliphatic rings. The molecule has 0 saturated heterocycles. The summed E-state index contributed by atoms with van der Waals surface area (Å²) >= 11 is 17.7. The number of methoxy groups -OCH3 is 2. The van der Waals surface area contributed by atoms with Gasteiger partial charge in [0.25, 0.3) is 5.91 Å². The Morgan fingerprint density at radius 3 is 2.38 bits per heavy atom. The van der Waals surface area contributed by atoms with Gasteiger partial charge < -0.3 is 14.2 Å². The summed E-state index contributed by atoms with van der Waals surface area (Å²) in [7, 11) is 3.08. The molecule has 26 heavy (non-hydrogen) atoms. The third-order valence-corrected chi connectivity index (χ3v) is 4.16. The van der Waals surface area contributed by atoms with Crippen molar-refractivity contribution in [1.82, 2.24) is 5.43 Å². The largest absolute Gasteiger partial charge is 0.493 e. The maximum Gasteiger partial charge on any atom is 0.277 e. The van der Waals surface area contributed by atoms with E-state index >= 15 is 0 Å². The second kappa shape index (κ2) is 9.52. The van der Waals surface area contributed by atoms with Gasteiger partial charge in [0.05, 0.1) is 35.5 Å². The van der Waals surface area contributed by atoms with Gasteiger partial charge >= 0.3 is 0 Å². The number of hydrogen-bond donors (Lipinski definition) is 1. The van der Waals surface area contributed by atoms with Crippen LogP contribution in [0.3, 0.4) is 0 Å². The van der Waals surface area contributed by atoms with Crippen molar-refractivity contribution in [2.75, 3.05) is 20.8 Å². The number of carbonyl (C=O) groups is 1. The van der Waals surface area contributed by atoms with Crippen molar-refractivity contribution < 1.29 is 19.0 Å². The van der Waals surface area contributed by atoms with Crippen LogP contribution >= 0.6 is 34.8 Å². The highest BCUT2D eigenvalue weighted by Crippen LogP contribution is 2.33. The van der Waals surface area contributed by atoms with Gasteiger partial charge in [0.15, 0.2) is 18.1 Å². The summed E-state index contributed by atoms with van der Waals surface area (Å²) in [5, 5.41) is 4.68. The van der Waals surface area contributed by atoms with Crippen LogP contribution in [0.25, 0.3) is 0 Å². The van der Waals surface area contributed by atoms with Crippen molar-refractivity contribution in [3.63, 3.8) is 0 Å². The molecule has 0 unspecified atom stereocenters. The molecule has 2 aromatic carbocycles. The third-order valence-electron chi connectivity index (χ3n) is 3.14. The maximum absolute atomic E-state index is 11.8. The second-order valence-electron chi connectivity index (χ2n) is 4.89. The zero-order valence-corrected chi connectivity index (χ0v) is 16.2. The normalized spacial score (nSPS) is 10.7. The van der Waals surface area contributed by atoms with Crippen LogP contribution in [0.1, 0.15) is 5.56 Å². The van der Waals surface area contributed by atoms with Gasteiger partial charge in [-0.1, -0.05) is 34.8 Å². The van der Waals surface area contributed by atoms with Gasteiger partial charge in [-0.05, 0) is 29.8 Å². The van der Waals surface area contributed by atoms with Crippen LogP contribution in [0.4, 0.5) is 0 Å². The summed E-state index contributed by atoms with van der Waals surface area (Å²) in [5.41, 5.74) is 3.06. The molecular weight excluding hydrogens is 403 g/mol. The number of carbonyl (C=O) groups excluding carboxylic acids is 1. The number of halogens is 3. The van der Waals surface area contributed by atoms with Gasteiger partial charge in [0.2, 0.25) is 0 Å². The Kier molecular flexibility index (Phi) is 7.38. The highest BCUT2D eigenvalue weighted by molar-refractivity contribution is 6.43. The summed E-state index contributed by atoms with van der Waals surface area (Å²) in [6.45, 7) is -0.291. The van der Waals surface area contributed by atoms with Gasteiger partial charge in [0, 0.05) is 6.07 Å². The van der Waals surface area contributed by atoms with Crippen molar-refractivity contribution in [2.45, 2.75) is 0 Å². The fourth-order valence-corrected chi connectivity index (χ4v) is 2.49. The Balaban J connectivity index is 1.91. The van der Waals surface area contributed by atoms with Crippen LogP contribution in [-0.4, -0.2) is 32.9 Å². The standard InChI is InChI=1S/C17H15Cl3N2O4/c1-24-14-4-3-10(5-16(14)25-2)8-21-22-17(23)9-26-15-7-12(19)11(18)6-13(15)20/h3-8H,9H2,1-2H3,(H,22,23)/b21-8+. The lowest BCUT2D eigenvalue weighted by molar-refractivity contribution is -0.123. The summed E-state index contributed by atoms with van der Waals surface area (Å²) in [5.74, 6) is 0.935. The van der Waals surface area contributed by atoms with Crippen molar-refractivity contribution in [3.05, 3.63) is 51.0 Å². The molecule has 0 spiro atoms. The zero-order valence-electron chi connectivity index (χ0n) is 13.9. The smallest absolute Gasteiger partial charge is 0.277 e. The van der Waals surface area contributed by atoms with Crippen LogP contribution in [0.2, 0.25) is 15.1 Å². The molecule has 2 aromatic rings. The predicted molar refractivity (Wildman–Crippen MR) is 102 cm³/mol. The molecule has 0 fully saturated rings. The van der Waals surface area contributed by atoms with Gasteiger partial charge in [-0.15, -0.1) is 0 Å². The molecule has 0 atom stereocenters. The lowest BCUT2D eigenvalue weighted by atomic mass is 10.2. The Labute approximate surface area is 165 Å². The highest BCUT2D eigenvalue weighted by atomic mass is 35.5. The van der Waals surface area contributed by atoms with E-state index in [1.807, 2.05) is 0 Å². The molecule has 6 nitrogen and oxygen atoms in total. The van der Waals surface area contributed by atoms with E-state index in [9.17, 15) is 4.79 Å². The fourth-order valence-electron chi connectivity index (χ4n) is 1.90. The Hall–Kier alpha value is -2.15. The second-order valence-corrected chi connectivity index (χ2v) is 6.11. The van der Waals surface area contributed by atoms with Crippen molar-refractivity contribution in [3.8, 4) is 17.2 Å².